The van der Waals surface area contributed by atoms with E-state index in [0.29, 0.717) is 5.95 Å². The van der Waals surface area contributed by atoms with Crippen LogP contribution in [0.15, 0.2) is 34.9 Å². The molecule has 0 bridgehead atoms. The van der Waals surface area contributed by atoms with Gasteiger partial charge in [0.05, 0.1) is 6.20 Å². The van der Waals surface area contributed by atoms with Crippen molar-refractivity contribution in [3.63, 3.8) is 0 Å². The molecule has 7 heteroatoms. The maximum Gasteiger partial charge on any atom is 0.229 e. The van der Waals surface area contributed by atoms with E-state index in [9.17, 15) is 4.39 Å². The van der Waals surface area contributed by atoms with E-state index in [-0.39, 0.29) is 22.9 Å². The summed E-state index contributed by atoms with van der Waals surface area (Å²) in [6.07, 6.45) is 3.02. The third kappa shape index (κ3) is 4.58. The zero-order chi connectivity index (χ0) is 19.8. The van der Waals surface area contributed by atoms with Gasteiger partial charge in [-0.2, -0.15) is 4.98 Å². The highest BCUT2D eigenvalue weighted by molar-refractivity contribution is 9.10. The Morgan fingerprint density at radius 2 is 1.85 bits per heavy atom. The van der Waals surface area contributed by atoms with Gasteiger partial charge >= 0.3 is 0 Å². The van der Waals surface area contributed by atoms with Crippen molar-refractivity contribution in [1.82, 2.24) is 14.9 Å². The fraction of sp³-hybridized carbons (Fsp3) is 0.500. The van der Waals surface area contributed by atoms with Crippen LogP contribution in [0.2, 0.25) is 0 Å². The number of benzene rings is 1. The SMILES string of the molecule is CN1C(C)(C)CC(Nc2nc(Nc3cccc(Br)c3)ncc2F)CC1(C)C. The molecule has 1 aliphatic rings. The molecule has 1 aromatic heterocycles. The van der Waals surface area contributed by atoms with Crippen LogP contribution >= 0.6 is 15.9 Å². The Labute approximate surface area is 168 Å². The molecule has 3 rings (SSSR count). The van der Waals surface area contributed by atoms with Gasteiger partial charge in [0.1, 0.15) is 0 Å². The quantitative estimate of drug-likeness (QED) is 0.692. The van der Waals surface area contributed by atoms with Crippen molar-refractivity contribution >= 4 is 33.4 Å². The van der Waals surface area contributed by atoms with Gasteiger partial charge in [-0.25, -0.2) is 9.37 Å². The Morgan fingerprint density at radius 1 is 1.19 bits per heavy atom. The minimum Gasteiger partial charge on any atom is -0.365 e. The Morgan fingerprint density at radius 3 is 2.48 bits per heavy atom. The first-order valence-corrected chi connectivity index (χ1v) is 9.92. The van der Waals surface area contributed by atoms with Crippen molar-refractivity contribution in [2.45, 2.75) is 57.7 Å². The van der Waals surface area contributed by atoms with Gasteiger partial charge in [0.25, 0.3) is 0 Å². The number of aromatic nitrogens is 2. The molecule has 0 saturated carbocycles. The summed E-state index contributed by atoms with van der Waals surface area (Å²) in [5, 5.41) is 6.44. The van der Waals surface area contributed by atoms with Gasteiger partial charge in [0, 0.05) is 27.3 Å². The van der Waals surface area contributed by atoms with Gasteiger partial charge in [-0.3, -0.25) is 4.90 Å². The number of halogens is 2. The van der Waals surface area contributed by atoms with Gasteiger partial charge in [0.2, 0.25) is 5.95 Å². The maximum atomic E-state index is 14.4. The van der Waals surface area contributed by atoms with Crippen LogP contribution in [0.5, 0.6) is 0 Å². The summed E-state index contributed by atoms with van der Waals surface area (Å²) in [6, 6.07) is 7.81. The molecule has 0 spiro atoms. The highest BCUT2D eigenvalue weighted by atomic mass is 79.9. The second-order valence-corrected chi connectivity index (χ2v) is 9.37. The Hall–Kier alpha value is -1.73. The Bertz CT molecular complexity index is 806. The summed E-state index contributed by atoms with van der Waals surface area (Å²) in [5.41, 5.74) is 0.865. The predicted octanol–water partition coefficient (Wildman–Crippen LogP) is 5.19. The summed E-state index contributed by atoms with van der Waals surface area (Å²) in [6.45, 7) is 8.89. The molecule has 27 heavy (non-hydrogen) atoms. The van der Waals surface area contributed by atoms with Gasteiger partial charge in [-0.15, -0.1) is 0 Å². The lowest BCUT2D eigenvalue weighted by Gasteiger charge is -2.53. The number of nitrogens with zero attached hydrogens (tertiary/aromatic N) is 3. The Balaban J connectivity index is 1.79. The number of hydrogen-bond acceptors (Lipinski definition) is 5. The van der Waals surface area contributed by atoms with Gasteiger partial charge in [0.15, 0.2) is 11.6 Å². The molecule has 1 aliphatic heterocycles. The molecule has 5 nitrogen and oxygen atoms in total. The fourth-order valence-corrected chi connectivity index (χ4v) is 4.29. The van der Waals surface area contributed by atoms with E-state index in [2.05, 4.69) is 76.2 Å². The summed E-state index contributed by atoms with van der Waals surface area (Å²) in [7, 11) is 2.15. The predicted molar refractivity (Wildman–Crippen MR) is 112 cm³/mol. The van der Waals surface area contributed by atoms with Crippen molar-refractivity contribution in [3.8, 4) is 0 Å². The first-order valence-electron chi connectivity index (χ1n) is 9.12. The summed E-state index contributed by atoms with van der Waals surface area (Å²) >= 11 is 3.44. The van der Waals surface area contributed by atoms with Gasteiger partial charge < -0.3 is 10.6 Å². The Kier molecular flexibility index (Phi) is 5.45. The highest BCUT2D eigenvalue weighted by Gasteiger charge is 2.43. The van der Waals surface area contributed by atoms with Crippen LogP contribution in [0.4, 0.5) is 21.8 Å². The molecule has 0 atom stereocenters. The summed E-state index contributed by atoms with van der Waals surface area (Å²) < 4.78 is 15.3. The monoisotopic (exact) mass is 435 g/mol. The lowest BCUT2D eigenvalue weighted by atomic mass is 9.77. The normalized spacial score (nSPS) is 19.7. The van der Waals surface area contributed by atoms with Crippen molar-refractivity contribution in [2.75, 3.05) is 17.7 Å². The molecular weight excluding hydrogens is 409 g/mol. The topological polar surface area (TPSA) is 53.1 Å². The average molecular weight is 436 g/mol. The van der Waals surface area contributed by atoms with Crippen molar-refractivity contribution in [1.29, 1.82) is 0 Å². The lowest BCUT2D eigenvalue weighted by molar-refractivity contribution is -0.00778. The van der Waals surface area contributed by atoms with E-state index in [4.69, 9.17) is 0 Å². The molecule has 2 heterocycles. The van der Waals surface area contributed by atoms with Crippen LogP contribution in [-0.4, -0.2) is 39.0 Å². The lowest BCUT2D eigenvalue weighted by Crippen LogP contribution is -2.61. The molecule has 146 valence electrons. The number of likely N-dealkylation sites (tertiary alicyclic amines) is 1. The average Bonchev–Trinajstić information content (AvgIpc) is 2.55. The molecular formula is C20H27BrFN5. The molecule has 1 fully saturated rings. The van der Waals surface area contributed by atoms with Gasteiger partial charge in [-0.1, -0.05) is 22.0 Å². The molecule has 1 aromatic carbocycles. The molecule has 0 amide bonds. The minimum absolute atomic E-state index is 0.0142. The molecule has 0 radical (unpaired) electrons. The minimum atomic E-state index is -0.440. The van der Waals surface area contributed by atoms with Crippen LogP contribution < -0.4 is 10.6 Å². The number of rotatable bonds is 4. The van der Waals surface area contributed by atoms with E-state index >= 15 is 0 Å². The number of anilines is 3. The zero-order valence-electron chi connectivity index (χ0n) is 16.5. The highest BCUT2D eigenvalue weighted by Crippen LogP contribution is 2.38. The van der Waals surface area contributed by atoms with Crippen molar-refractivity contribution in [2.24, 2.45) is 0 Å². The molecule has 0 unspecified atom stereocenters. The largest absolute Gasteiger partial charge is 0.365 e. The maximum absolute atomic E-state index is 14.4. The molecule has 2 N–H and O–H groups in total. The second kappa shape index (κ2) is 7.36. The van der Waals surface area contributed by atoms with E-state index < -0.39 is 5.82 Å². The number of piperidine rings is 1. The van der Waals surface area contributed by atoms with E-state index in [1.54, 1.807) is 0 Å². The number of nitrogens with one attached hydrogen (secondary N) is 2. The third-order valence-electron chi connectivity index (χ3n) is 5.47. The van der Waals surface area contributed by atoms with Crippen molar-refractivity contribution < 1.29 is 4.39 Å². The van der Waals surface area contributed by atoms with Crippen LogP contribution in [0, 0.1) is 5.82 Å². The zero-order valence-corrected chi connectivity index (χ0v) is 18.1. The van der Waals surface area contributed by atoms with E-state index in [0.717, 1.165) is 23.0 Å². The van der Waals surface area contributed by atoms with Crippen LogP contribution in [0.3, 0.4) is 0 Å². The summed E-state index contributed by atoms with van der Waals surface area (Å²) in [4.78, 5) is 10.8. The summed E-state index contributed by atoms with van der Waals surface area (Å²) in [5.74, 6) is 0.163. The smallest absolute Gasteiger partial charge is 0.229 e. The third-order valence-corrected chi connectivity index (χ3v) is 5.97. The second-order valence-electron chi connectivity index (χ2n) is 8.46. The first kappa shape index (κ1) is 20.0. The first-order chi connectivity index (χ1) is 12.6. The molecule has 0 aliphatic carbocycles. The number of hydrogen-bond donors (Lipinski definition) is 2. The standard InChI is InChI=1S/C20H27BrFN5/c1-19(2)10-15(11-20(3,4)27(19)5)24-17-16(22)12-23-18(26-17)25-14-8-6-7-13(21)9-14/h6-9,12,15H,10-11H2,1-5H3,(H2,23,24,25,26). The fourth-order valence-electron chi connectivity index (χ4n) is 3.89. The van der Waals surface area contributed by atoms with Crippen molar-refractivity contribution in [3.05, 3.63) is 40.8 Å². The molecule has 1 saturated heterocycles. The van der Waals surface area contributed by atoms with Gasteiger partial charge in [-0.05, 0) is 65.8 Å². The van der Waals surface area contributed by atoms with E-state index in [1.165, 1.54) is 6.20 Å². The van der Waals surface area contributed by atoms with Crippen LogP contribution in [-0.2, 0) is 0 Å². The molecule has 2 aromatic rings. The van der Waals surface area contributed by atoms with E-state index in [1.807, 2.05) is 24.3 Å². The van der Waals surface area contributed by atoms with Crippen LogP contribution in [0.1, 0.15) is 40.5 Å². The van der Waals surface area contributed by atoms with Crippen LogP contribution in [0.25, 0.3) is 0 Å².